The lowest BCUT2D eigenvalue weighted by molar-refractivity contribution is -0.134. The van der Waals surface area contributed by atoms with E-state index in [2.05, 4.69) is 0 Å². The lowest BCUT2D eigenvalue weighted by Gasteiger charge is -2.27. The van der Waals surface area contributed by atoms with Crippen molar-refractivity contribution in [1.82, 2.24) is 14.0 Å². The van der Waals surface area contributed by atoms with Crippen LogP contribution in [-0.4, -0.2) is 46.2 Å². The first-order valence-electron chi connectivity index (χ1n) is 9.04. The summed E-state index contributed by atoms with van der Waals surface area (Å²) in [5.41, 5.74) is 1.83. The molecule has 1 atom stereocenters. The number of aromatic nitrogens is 2. The van der Waals surface area contributed by atoms with E-state index in [1.165, 1.54) is 18.2 Å². The number of benzene rings is 1. The van der Waals surface area contributed by atoms with E-state index in [9.17, 15) is 13.6 Å². The van der Waals surface area contributed by atoms with Crippen molar-refractivity contribution in [2.24, 2.45) is 7.05 Å². The van der Waals surface area contributed by atoms with Crippen molar-refractivity contribution >= 4 is 18.1 Å². The molecule has 5 nitrogen and oxygen atoms in total. The smallest absolute Gasteiger partial charge is 0.228 e. The van der Waals surface area contributed by atoms with Crippen molar-refractivity contribution < 1.29 is 18.3 Å². The highest BCUT2D eigenvalue weighted by Crippen LogP contribution is 2.35. The summed E-state index contributed by atoms with van der Waals surface area (Å²) in [4.78, 5) is 14.5. The SMILES string of the molecule is Cn1c(CC(=O)N2CCOCC2)c2n(c1=S)C[C@@H](c1c(F)cccc1F)C2. The van der Waals surface area contributed by atoms with Crippen molar-refractivity contribution in [3.8, 4) is 0 Å². The van der Waals surface area contributed by atoms with Gasteiger partial charge in [-0.05, 0) is 30.8 Å². The van der Waals surface area contributed by atoms with E-state index >= 15 is 0 Å². The second-order valence-electron chi connectivity index (χ2n) is 7.05. The molecule has 0 spiro atoms. The number of morpholine rings is 1. The Morgan fingerprint density at radius 2 is 1.93 bits per heavy atom. The van der Waals surface area contributed by atoms with Gasteiger partial charge in [-0.2, -0.15) is 0 Å². The van der Waals surface area contributed by atoms with E-state index < -0.39 is 11.6 Å². The van der Waals surface area contributed by atoms with Crippen LogP contribution in [0, 0.1) is 16.4 Å². The van der Waals surface area contributed by atoms with Crippen LogP contribution in [-0.2, 0) is 36.0 Å². The number of fused-ring (bicyclic) bond motifs is 1. The Morgan fingerprint density at radius 1 is 1.26 bits per heavy atom. The fraction of sp³-hybridized carbons (Fsp3) is 0.474. The third-order valence-corrected chi connectivity index (χ3v) is 6.01. The molecule has 0 saturated carbocycles. The molecule has 1 fully saturated rings. The van der Waals surface area contributed by atoms with E-state index in [0.29, 0.717) is 44.0 Å². The zero-order chi connectivity index (χ0) is 19.1. The molecular formula is C19H21F2N3O2S. The number of nitrogens with zero attached hydrogens (tertiary/aromatic N) is 3. The van der Waals surface area contributed by atoms with Crippen LogP contribution in [0.1, 0.15) is 22.9 Å². The molecular weight excluding hydrogens is 372 g/mol. The van der Waals surface area contributed by atoms with E-state index in [1.54, 1.807) is 4.90 Å². The average Bonchev–Trinajstić information content (AvgIpc) is 3.17. The Morgan fingerprint density at radius 3 is 2.59 bits per heavy atom. The van der Waals surface area contributed by atoms with Crippen molar-refractivity contribution in [1.29, 1.82) is 0 Å². The number of hydrogen-bond acceptors (Lipinski definition) is 3. The van der Waals surface area contributed by atoms with Crippen LogP contribution in [0.4, 0.5) is 8.78 Å². The van der Waals surface area contributed by atoms with Crippen LogP contribution in [0.25, 0.3) is 0 Å². The standard InChI is InChI=1S/C19H21F2N3O2S/c1-22-15(10-17(25)23-5-7-26-8-6-23)16-9-12(11-24(16)19(22)27)18-13(20)3-2-4-14(18)21/h2-4,12H,5-11H2,1H3/t12-/m0/s1. The predicted octanol–water partition coefficient (Wildman–Crippen LogP) is 2.58. The third kappa shape index (κ3) is 3.21. The maximum absolute atomic E-state index is 14.2. The highest BCUT2D eigenvalue weighted by molar-refractivity contribution is 7.71. The predicted molar refractivity (Wildman–Crippen MR) is 98.1 cm³/mol. The molecule has 0 aliphatic carbocycles. The van der Waals surface area contributed by atoms with E-state index in [0.717, 1.165) is 11.4 Å². The molecule has 144 valence electrons. The van der Waals surface area contributed by atoms with Gasteiger partial charge < -0.3 is 18.8 Å². The molecule has 2 aliphatic rings. The monoisotopic (exact) mass is 393 g/mol. The molecule has 0 N–H and O–H groups in total. The summed E-state index contributed by atoms with van der Waals surface area (Å²) < 4.78 is 38.1. The number of carbonyl (C=O) groups excluding carboxylic acids is 1. The Balaban J connectivity index is 1.62. The van der Waals surface area contributed by atoms with Crippen LogP contribution in [0.3, 0.4) is 0 Å². The fourth-order valence-corrected chi connectivity index (χ4v) is 4.37. The number of imidazole rings is 1. The van der Waals surface area contributed by atoms with Crippen molar-refractivity contribution in [2.75, 3.05) is 26.3 Å². The van der Waals surface area contributed by atoms with E-state index in [1.807, 2.05) is 16.2 Å². The first kappa shape index (κ1) is 18.3. The zero-order valence-corrected chi connectivity index (χ0v) is 15.9. The lowest BCUT2D eigenvalue weighted by atomic mass is 9.95. The molecule has 1 aromatic heterocycles. The Hall–Kier alpha value is -2.06. The highest BCUT2D eigenvalue weighted by atomic mass is 32.1. The molecule has 0 bridgehead atoms. The number of amides is 1. The Labute approximate surface area is 161 Å². The first-order chi connectivity index (χ1) is 13.0. The number of hydrogen-bond donors (Lipinski definition) is 0. The minimum atomic E-state index is -0.535. The summed E-state index contributed by atoms with van der Waals surface area (Å²) in [6, 6.07) is 3.93. The number of ether oxygens (including phenoxy) is 1. The van der Waals surface area contributed by atoms with Gasteiger partial charge in [-0.15, -0.1) is 0 Å². The quantitative estimate of drug-likeness (QED) is 0.753. The summed E-state index contributed by atoms with van der Waals surface area (Å²) in [5, 5.41) is 0. The molecule has 1 saturated heterocycles. The second kappa shape index (κ2) is 7.16. The van der Waals surface area contributed by atoms with Crippen LogP contribution >= 0.6 is 12.2 Å². The molecule has 0 unspecified atom stereocenters. The van der Waals surface area contributed by atoms with Gasteiger partial charge in [0.1, 0.15) is 11.6 Å². The zero-order valence-electron chi connectivity index (χ0n) is 15.1. The molecule has 8 heteroatoms. The molecule has 1 aromatic carbocycles. The summed E-state index contributed by atoms with van der Waals surface area (Å²) in [7, 11) is 1.84. The van der Waals surface area contributed by atoms with Crippen LogP contribution in [0.5, 0.6) is 0 Å². The topological polar surface area (TPSA) is 39.4 Å². The van der Waals surface area contributed by atoms with Gasteiger partial charge in [-0.1, -0.05) is 6.07 Å². The summed E-state index contributed by atoms with van der Waals surface area (Å²) >= 11 is 5.51. The molecule has 1 amide bonds. The third-order valence-electron chi connectivity index (χ3n) is 5.51. The molecule has 3 heterocycles. The Kier molecular flexibility index (Phi) is 4.86. The van der Waals surface area contributed by atoms with Gasteiger partial charge in [0.05, 0.1) is 19.6 Å². The Bertz CT molecular complexity index is 927. The molecule has 2 aromatic rings. The van der Waals surface area contributed by atoms with Gasteiger partial charge >= 0.3 is 0 Å². The molecule has 0 radical (unpaired) electrons. The summed E-state index contributed by atoms with van der Waals surface area (Å²) in [5.74, 6) is -1.36. The van der Waals surface area contributed by atoms with Crippen molar-refractivity contribution in [2.45, 2.75) is 25.3 Å². The molecule has 27 heavy (non-hydrogen) atoms. The van der Waals surface area contributed by atoms with Gasteiger partial charge in [-0.25, -0.2) is 8.78 Å². The normalized spacial score (nSPS) is 19.4. The van der Waals surface area contributed by atoms with E-state index in [4.69, 9.17) is 17.0 Å². The molecule has 4 rings (SSSR count). The lowest BCUT2D eigenvalue weighted by Crippen LogP contribution is -2.41. The first-order valence-corrected chi connectivity index (χ1v) is 9.45. The maximum atomic E-state index is 14.2. The molecule has 2 aliphatic heterocycles. The van der Waals surface area contributed by atoms with Gasteiger partial charge in [0, 0.05) is 49.6 Å². The van der Waals surface area contributed by atoms with Crippen molar-refractivity contribution in [3.05, 3.63) is 51.6 Å². The highest BCUT2D eigenvalue weighted by Gasteiger charge is 2.32. The second-order valence-corrected chi connectivity index (χ2v) is 7.42. The fourth-order valence-electron chi connectivity index (χ4n) is 4.08. The number of carbonyl (C=O) groups is 1. The van der Waals surface area contributed by atoms with Crippen LogP contribution in [0.15, 0.2) is 18.2 Å². The van der Waals surface area contributed by atoms with Gasteiger partial charge in [0.25, 0.3) is 0 Å². The van der Waals surface area contributed by atoms with Crippen LogP contribution < -0.4 is 0 Å². The average molecular weight is 393 g/mol. The minimum absolute atomic E-state index is 0.0258. The van der Waals surface area contributed by atoms with Gasteiger partial charge in [0.15, 0.2) is 4.77 Å². The van der Waals surface area contributed by atoms with Gasteiger partial charge in [0.2, 0.25) is 5.91 Å². The summed E-state index contributed by atoms with van der Waals surface area (Å²) in [6.45, 7) is 2.69. The minimum Gasteiger partial charge on any atom is -0.378 e. The summed E-state index contributed by atoms with van der Waals surface area (Å²) in [6.07, 6.45) is 0.697. The maximum Gasteiger partial charge on any atom is 0.228 e. The van der Waals surface area contributed by atoms with E-state index in [-0.39, 0.29) is 23.8 Å². The largest absolute Gasteiger partial charge is 0.378 e. The van der Waals surface area contributed by atoms with Crippen molar-refractivity contribution in [3.63, 3.8) is 0 Å². The van der Waals surface area contributed by atoms with Gasteiger partial charge in [-0.3, -0.25) is 4.79 Å². The van der Waals surface area contributed by atoms with Crippen LogP contribution in [0.2, 0.25) is 0 Å². The number of rotatable bonds is 3. The number of halogens is 2.